The van der Waals surface area contributed by atoms with Crippen LogP contribution in [0.3, 0.4) is 0 Å². The van der Waals surface area contributed by atoms with Gasteiger partial charge in [0.15, 0.2) is 0 Å². The molecule has 1 N–H and O–H groups in total. The summed E-state index contributed by atoms with van der Waals surface area (Å²) in [5, 5.41) is 4.71. The number of pyridine rings is 1. The van der Waals surface area contributed by atoms with Gasteiger partial charge >= 0.3 is 0 Å². The SMILES string of the molecule is C/C(=N\NC(=O)C(C)Sc1ccccn1)c1cccc(Br)c1. The van der Waals surface area contributed by atoms with Gasteiger partial charge < -0.3 is 0 Å². The van der Waals surface area contributed by atoms with Gasteiger partial charge in [-0.1, -0.05) is 45.9 Å². The van der Waals surface area contributed by atoms with E-state index in [4.69, 9.17) is 0 Å². The number of amides is 1. The maximum absolute atomic E-state index is 12.1. The molecule has 0 saturated carbocycles. The molecule has 0 fully saturated rings. The Bertz CT molecular complexity index is 676. The van der Waals surface area contributed by atoms with Gasteiger partial charge in [0, 0.05) is 10.7 Å². The van der Waals surface area contributed by atoms with E-state index in [1.807, 2.05) is 56.3 Å². The average molecular weight is 378 g/mol. The van der Waals surface area contributed by atoms with Crippen LogP contribution in [0, 0.1) is 0 Å². The summed E-state index contributed by atoms with van der Waals surface area (Å²) in [6, 6.07) is 13.4. The highest BCUT2D eigenvalue weighted by Crippen LogP contribution is 2.20. The number of thioether (sulfide) groups is 1. The summed E-state index contributed by atoms with van der Waals surface area (Å²) >= 11 is 4.82. The van der Waals surface area contributed by atoms with Crippen molar-refractivity contribution >= 4 is 39.3 Å². The number of aromatic nitrogens is 1. The molecular formula is C16H16BrN3OS. The number of hydrogen-bond acceptors (Lipinski definition) is 4. The van der Waals surface area contributed by atoms with Gasteiger partial charge in [0.25, 0.3) is 5.91 Å². The van der Waals surface area contributed by atoms with Crippen LogP contribution in [0.5, 0.6) is 0 Å². The second-order valence-electron chi connectivity index (χ2n) is 4.61. The van der Waals surface area contributed by atoms with Crippen molar-refractivity contribution in [2.45, 2.75) is 24.1 Å². The van der Waals surface area contributed by atoms with Crippen LogP contribution in [-0.2, 0) is 4.79 Å². The van der Waals surface area contributed by atoms with E-state index >= 15 is 0 Å². The molecule has 1 amide bonds. The number of hydrogen-bond donors (Lipinski definition) is 1. The van der Waals surface area contributed by atoms with Crippen molar-refractivity contribution < 1.29 is 4.79 Å². The maximum atomic E-state index is 12.1. The van der Waals surface area contributed by atoms with Gasteiger partial charge in [0.05, 0.1) is 16.0 Å². The lowest BCUT2D eigenvalue weighted by Crippen LogP contribution is -2.27. The Kier molecular flexibility index (Phi) is 6.15. The molecule has 0 aliphatic carbocycles. The third-order valence-corrected chi connectivity index (χ3v) is 4.42. The van der Waals surface area contributed by atoms with Crippen molar-refractivity contribution in [1.29, 1.82) is 0 Å². The van der Waals surface area contributed by atoms with Crippen LogP contribution in [-0.4, -0.2) is 21.9 Å². The molecule has 1 heterocycles. The third-order valence-electron chi connectivity index (χ3n) is 2.88. The number of hydrazone groups is 1. The van der Waals surface area contributed by atoms with Gasteiger partial charge in [-0.15, -0.1) is 0 Å². The van der Waals surface area contributed by atoms with E-state index in [9.17, 15) is 4.79 Å². The average Bonchev–Trinajstić information content (AvgIpc) is 2.53. The van der Waals surface area contributed by atoms with Crippen molar-refractivity contribution in [2.75, 3.05) is 0 Å². The van der Waals surface area contributed by atoms with Crippen molar-refractivity contribution in [3.05, 3.63) is 58.7 Å². The van der Waals surface area contributed by atoms with E-state index in [0.29, 0.717) is 0 Å². The first-order chi connectivity index (χ1) is 10.6. The zero-order chi connectivity index (χ0) is 15.9. The van der Waals surface area contributed by atoms with Crippen LogP contribution >= 0.6 is 27.7 Å². The minimum atomic E-state index is -0.269. The Morgan fingerprint density at radius 2 is 2.14 bits per heavy atom. The quantitative estimate of drug-likeness (QED) is 0.488. The first-order valence-corrected chi connectivity index (χ1v) is 8.41. The Morgan fingerprint density at radius 3 is 2.82 bits per heavy atom. The number of benzene rings is 1. The summed E-state index contributed by atoms with van der Waals surface area (Å²) in [5.74, 6) is -0.148. The topological polar surface area (TPSA) is 54.4 Å². The summed E-state index contributed by atoms with van der Waals surface area (Å²) in [4.78, 5) is 16.3. The van der Waals surface area contributed by atoms with Crippen molar-refractivity contribution in [3.63, 3.8) is 0 Å². The second kappa shape index (κ2) is 8.10. The Hall–Kier alpha value is -1.66. The van der Waals surface area contributed by atoms with E-state index in [0.717, 1.165) is 20.8 Å². The Labute approximate surface area is 142 Å². The zero-order valence-corrected chi connectivity index (χ0v) is 14.7. The summed E-state index contributed by atoms with van der Waals surface area (Å²) < 4.78 is 0.977. The number of rotatable bonds is 5. The van der Waals surface area contributed by atoms with Crippen LogP contribution in [0.1, 0.15) is 19.4 Å². The predicted octanol–water partition coefficient (Wildman–Crippen LogP) is 3.87. The van der Waals surface area contributed by atoms with Crippen molar-refractivity contribution in [1.82, 2.24) is 10.4 Å². The van der Waals surface area contributed by atoms with E-state index in [1.54, 1.807) is 6.20 Å². The zero-order valence-electron chi connectivity index (χ0n) is 12.3. The number of nitrogens with one attached hydrogen (secondary N) is 1. The monoisotopic (exact) mass is 377 g/mol. The van der Waals surface area contributed by atoms with Gasteiger partial charge in [-0.3, -0.25) is 4.79 Å². The minimum Gasteiger partial charge on any atom is -0.272 e. The van der Waals surface area contributed by atoms with Gasteiger partial charge in [-0.2, -0.15) is 5.10 Å². The van der Waals surface area contributed by atoms with Crippen molar-refractivity contribution in [3.8, 4) is 0 Å². The smallest absolute Gasteiger partial charge is 0.253 e. The summed E-state index contributed by atoms with van der Waals surface area (Å²) in [5.41, 5.74) is 4.32. The number of halogens is 1. The van der Waals surface area contributed by atoms with E-state index in [1.165, 1.54) is 11.8 Å². The first kappa shape index (κ1) is 16.7. The normalized spacial score (nSPS) is 12.8. The molecule has 0 radical (unpaired) electrons. The molecule has 1 unspecified atom stereocenters. The molecule has 2 rings (SSSR count). The fraction of sp³-hybridized carbons (Fsp3) is 0.188. The second-order valence-corrected chi connectivity index (χ2v) is 6.89. The molecular weight excluding hydrogens is 362 g/mol. The molecule has 0 bridgehead atoms. The molecule has 0 aliphatic heterocycles. The lowest BCUT2D eigenvalue weighted by molar-refractivity contribution is -0.120. The van der Waals surface area contributed by atoms with E-state index < -0.39 is 0 Å². The number of nitrogens with zero attached hydrogens (tertiary/aromatic N) is 2. The lowest BCUT2D eigenvalue weighted by Gasteiger charge is -2.09. The van der Waals surface area contributed by atoms with Gasteiger partial charge in [-0.05, 0) is 43.7 Å². The molecule has 114 valence electrons. The third kappa shape index (κ3) is 4.96. The molecule has 22 heavy (non-hydrogen) atoms. The van der Waals surface area contributed by atoms with Gasteiger partial charge in [0.1, 0.15) is 0 Å². The summed E-state index contributed by atoms with van der Waals surface area (Å²) in [7, 11) is 0. The molecule has 6 heteroatoms. The van der Waals surface area contributed by atoms with E-state index in [2.05, 4.69) is 31.4 Å². The highest BCUT2D eigenvalue weighted by molar-refractivity contribution is 9.10. The largest absolute Gasteiger partial charge is 0.272 e. The fourth-order valence-electron chi connectivity index (χ4n) is 1.66. The molecule has 1 aromatic carbocycles. The fourth-order valence-corrected chi connectivity index (χ4v) is 2.86. The molecule has 0 aliphatic rings. The number of carbonyl (C=O) groups excluding carboxylic acids is 1. The molecule has 4 nitrogen and oxygen atoms in total. The highest BCUT2D eigenvalue weighted by Gasteiger charge is 2.14. The van der Waals surface area contributed by atoms with Gasteiger partial charge in [-0.25, -0.2) is 10.4 Å². The highest BCUT2D eigenvalue weighted by atomic mass is 79.9. The Morgan fingerprint density at radius 1 is 1.32 bits per heavy atom. The predicted molar refractivity (Wildman–Crippen MR) is 94.1 cm³/mol. The van der Waals surface area contributed by atoms with Crippen LogP contribution in [0.25, 0.3) is 0 Å². The molecule has 0 spiro atoms. The van der Waals surface area contributed by atoms with Crippen molar-refractivity contribution in [2.24, 2.45) is 5.10 Å². The molecule has 2 aromatic rings. The molecule has 0 saturated heterocycles. The number of carbonyl (C=O) groups is 1. The first-order valence-electron chi connectivity index (χ1n) is 6.74. The molecule has 1 atom stereocenters. The lowest BCUT2D eigenvalue weighted by atomic mass is 10.1. The maximum Gasteiger partial charge on any atom is 0.253 e. The van der Waals surface area contributed by atoms with Crippen LogP contribution in [0.15, 0.2) is 63.3 Å². The standard InChI is InChI=1S/C16H16BrN3OS/c1-11(13-6-5-7-14(17)10-13)19-20-16(21)12(2)22-15-8-3-4-9-18-15/h3-10,12H,1-2H3,(H,20,21)/b19-11+. The van der Waals surface area contributed by atoms with Crippen LogP contribution in [0.2, 0.25) is 0 Å². The van der Waals surface area contributed by atoms with E-state index in [-0.39, 0.29) is 11.2 Å². The summed E-state index contributed by atoms with van der Waals surface area (Å²) in [6.45, 7) is 3.69. The minimum absolute atomic E-state index is 0.148. The van der Waals surface area contributed by atoms with Crippen LogP contribution < -0.4 is 5.43 Å². The Balaban J connectivity index is 1.95. The van der Waals surface area contributed by atoms with Crippen LogP contribution in [0.4, 0.5) is 0 Å². The summed E-state index contributed by atoms with van der Waals surface area (Å²) in [6.07, 6.45) is 1.71. The van der Waals surface area contributed by atoms with Gasteiger partial charge in [0.2, 0.25) is 0 Å². The molecule has 1 aromatic heterocycles.